The highest BCUT2D eigenvalue weighted by molar-refractivity contribution is 5.51. The van der Waals surface area contributed by atoms with Crippen molar-refractivity contribution in [1.82, 2.24) is 0 Å². The molecule has 10 atom stereocenters. The van der Waals surface area contributed by atoms with Crippen molar-refractivity contribution in [3.8, 4) is 0 Å². The molecule has 0 aromatic heterocycles. The molecule has 2 aliphatic heterocycles. The highest BCUT2D eigenvalue weighted by atomic mass is 19.4. The van der Waals surface area contributed by atoms with Crippen molar-refractivity contribution >= 4 is 0 Å². The van der Waals surface area contributed by atoms with E-state index < -0.39 is 70.9 Å². The third-order valence-corrected chi connectivity index (χ3v) is 9.34. The van der Waals surface area contributed by atoms with Crippen LogP contribution in [0.2, 0.25) is 0 Å². The summed E-state index contributed by atoms with van der Waals surface area (Å²) in [5, 5.41) is 0. The van der Waals surface area contributed by atoms with E-state index in [1.54, 1.807) is 0 Å². The van der Waals surface area contributed by atoms with Gasteiger partial charge in [-0.25, -0.2) is 0 Å². The molecule has 29 heavy (non-hydrogen) atoms. The molecule has 6 fully saturated rings. The van der Waals surface area contributed by atoms with E-state index in [1.165, 1.54) is 0 Å². The number of allylic oxidation sites excluding steroid dienone is 4. The molecule has 156 valence electrons. The molecule has 4 saturated carbocycles. The summed E-state index contributed by atoms with van der Waals surface area (Å²) in [6, 6.07) is 0. The van der Waals surface area contributed by atoms with Gasteiger partial charge in [0, 0.05) is 23.7 Å². The second-order valence-corrected chi connectivity index (χ2v) is 9.79. The minimum atomic E-state index is -4.92. The zero-order chi connectivity index (χ0) is 21.0. The van der Waals surface area contributed by atoms with Crippen LogP contribution in [0.4, 0.5) is 26.3 Å². The topological polar surface area (TPSA) is 9.23 Å². The fourth-order valence-electron chi connectivity index (χ4n) is 8.65. The van der Waals surface area contributed by atoms with E-state index in [0.29, 0.717) is 22.3 Å². The monoisotopic (exact) mass is 414 g/mol. The Morgan fingerprint density at radius 1 is 0.586 bits per heavy atom. The summed E-state index contributed by atoms with van der Waals surface area (Å²) in [6.07, 6.45) is -9.33. The molecule has 4 aliphatic carbocycles. The first kappa shape index (κ1) is 18.3. The quantitative estimate of drug-likeness (QED) is 0.468. The van der Waals surface area contributed by atoms with Crippen LogP contribution in [0, 0.1) is 47.3 Å². The lowest BCUT2D eigenvalue weighted by Crippen LogP contribution is -2.64. The summed E-state index contributed by atoms with van der Waals surface area (Å²) >= 11 is 0. The minimum absolute atomic E-state index is 0.253. The van der Waals surface area contributed by atoms with Gasteiger partial charge in [-0.2, -0.15) is 26.3 Å². The van der Waals surface area contributed by atoms with Crippen molar-refractivity contribution in [2.24, 2.45) is 47.3 Å². The Morgan fingerprint density at radius 2 is 0.828 bits per heavy atom. The molecule has 0 aromatic carbocycles. The van der Waals surface area contributed by atoms with Crippen LogP contribution in [0.1, 0.15) is 12.8 Å². The van der Waals surface area contributed by atoms with Crippen LogP contribution in [-0.4, -0.2) is 23.6 Å². The number of rotatable bonds is 0. The van der Waals surface area contributed by atoms with Crippen molar-refractivity contribution in [3.05, 3.63) is 48.6 Å². The van der Waals surface area contributed by atoms with Crippen LogP contribution < -0.4 is 0 Å². The van der Waals surface area contributed by atoms with Crippen molar-refractivity contribution in [2.75, 3.05) is 0 Å². The normalized spacial score (nSPS) is 54.7. The lowest BCUT2D eigenvalue weighted by atomic mass is 9.49. The Balaban J connectivity index is 1.67. The molecule has 0 radical (unpaired) electrons. The molecule has 6 rings (SSSR count). The fraction of sp³-hybridized carbons (Fsp3) is 0.636. The lowest BCUT2D eigenvalue weighted by Gasteiger charge is -2.52. The smallest absolute Gasteiger partial charge is 0.348 e. The molecule has 0 spiro atoms. The van der Waals surface area contributed by atoms with E-state index in [1.807, 2.05) is 0 Å². The van der Waals surface area contributed by atoms with Gasteiger partial charge < -0.3 is 4.74 Å². The summed E-state index contributed by atoms with van der Waals surface area (Å²) < 4.78 is 94.1. The second kappa shape index (κ2) is 4.56. The Labute approximate surface area is 164 Å². The van der Waals surface area contributed by atoms with Gasteiger partial charge >= 0.3 is 12.4 Å². The number of ether oxygens (including phenoxy) is 1. The lowest BCUT2D eigenvalue weighted by molar-refractivity contribution is -0.328. The largest absolute Gasteiger partial charge is 0.418 e. The second-order valence-electron chi connectivity index (χ2n) is 9.79. The van der Waals surface area contributed by atoms with E-state index >= 15 is 0 Å². The highest BCUT2D eigenvalue weighted by Crippen LogP contribution is 2.85. The average molecular weight is 414 g/mol. The Bertz CT molecular complexity index is 797. The molecule has 2 heterocycles. The molecule has 6 aliphatic rings. The Kier molecular flexibility index (Phi) is 2.87. The molecule has 6 bridgehead atoms. The molecular weight excluding hydrogens is 394 g/mol. The van der Waals surface area contributed by atoms with Gasteiger partial charge in [-0.05, 0) is 58.8 Å². The molecule has 1 nitrogen and oxygen atoms in total. The number of hydrogen-bond acceptors (Lipinski definition) is 1. The van der Waals surface area contributed by atoms with Crippen LogP contribution >= 0.6 is 0 Å². The number of halogens is 6. The van der Waals surface area contributed by atoms with E-state index in [4.69, 9.17) is 4.74 Å². The summed E-state index contributed by atoms with van der Waals surface area (Å²) in [5.41, 5.74) is -3.76. The van der Waals surface area contributed by atoms with Gasteiger partial charge in [-0.15, -0.1) is 0 Å². The first-order valence-corrected chi connectivity index (χ1v) is 9.90. The molecule has 0 aromatic rings. The molecule has 2 saturated heterocycles. The maximum absolute atomic E-state index is 14.8. The molecule has 0 amide bonds. The predicted octanol–water partition coefficient (Wildman–Crippen LogP) is 5.62. The zero-order valence-electron chi connectivity index (χ0n) is 15.5. The first-order chi connectivity index (χ1) is 13.3. The molecule has 7 heteroatoms. The molecule has 0 N–H and O–H groups in total. The van der Waals surface area contributed by atoms with Crippen molar-refractivity contribution in [2.45, 2.75) is 36.4 Å². The van der Waals surface area contributed by atoms with Crippen LogP contribution in [0.15, 0.2) is 48.6 Å². The van der Waals surface area contributed by atoms with Crippen LogP contribution in [0.25, 0.3) is 0 Å². The van der Waals surface area contributed by atoms with Gasteiger partial charge in [-0.3, -0.25) is 0 Å². The standard InChI is InChI=1S/C22H20F6O/c1-7-8(2)12-5-11(7)15-16(12)20(22(26,27)28)18-14-6-13(9(3)10(14)4)17(18)19(15,29-20)21(23,24)25/h11-18H,1-6H2/t11-,12+,13+,14-,15?,16?,17?,18?,19?,20?. The summed E-state index contributed by atoms with van der Waals surface area (Å²) in [6.45, 7) is 15.5. The van der Waals surface area contributed by atoms with Crippen molar-refractivity contribution < 1.29 is 31.1 Å². The SMILES string of the molecule is C=C1C(=C)[C@@H]2C[C@H]1C1C2C2(C(F)(F)F)OC1(C(F)(F)F)C1C2[C@@H]2C[C@H]1C(=C)C2=C. The first-order valence-electron chi connectivity index (χ1n) is 9.90. The van der Waals surface area contributed by atoms with E-state index in [-0.39, 0.29) is 12.8 Å². The van der Waals surface area contributed by atoms with E-state index in [0.717, 1.165) is 0 Å². The zero-order valence-corrected chi connectivity index (χ0v) is 15.5. The molecule has 6 unspecified atom stereocenters. The van der Waals surface area contributed by atoms with Gasteiger partial charge in [0.05, 0.1) is 0 Å². The van der Waals surface area contributed by atoms with Gasteiger partial charge in [0.25, 0.3) is 0 Å². The summed E-state index contributed by atoms with van der Waals surface area (Å²) in [7, 11) is 0. The average Bonchev–Trinajstić information content (AvgIpc) is 3.35. The van der Waals surface area contributed by atoms with E-state index in [2.05, 4.69) is 26.3 Å². The van der Waals surface area contributed by atoms with Crippen molar-refractivity contribution in [3.63, 3.8) is 0 Å². The van der Waals surface area contributed by atoms with Gasteiger partial charge in [0.1, 0.15) is 0 Å². The third-order valence-electron chi connectivity index (χ3n) is 9.34. The van der Waals surface area contributed by atoms with Gasteiger partial charge in [0.2, 0.25) is 0 Å². The van der Waals surface area contributed by atoms with Crippen LogP contribution in [0.3, 0.4) is 0 Å². The van der Waals surface area contributed by atoms with Gasteiger partial charge in [-0.1, -0.05) is 26.3 Å². The minimum Gasteiger partial charge on any atom is -0.348 e. The molecular formula is C22H20F6O. The maximum Gasteiger partial charge on any atom is 0.418 e. The Hall–Kier alpha value is -1.50. The van der Waals surface area contributed by atoms with Crippen LogP contribution in [-0.2, 0) is 4.74 Å². The Morgan fingerprint density at radius 3 is 1.03 bits per heavy atom. The maximum atomic E-state index is 14.8. The van der Waals surface area contributed by atoms with Crippen molar-refractivity contribution in [1.29, 1.82) is 0 Å². The van der Waals surface area contributed by atoms with Crippen LogP contribution in [0.5, 0.6) is 0 Å². The summed E-state index contributed by atoms with van der Waals surface area (Å²) in [5.74, 6) is -7.75. The number of fused-ring (bicyclic) bond motifs is 16. The number of hydrogen-bond donors (Lipinski definition) is 0. The highest BCUT2D eigenvalue weighted by Gasteiger charge is 2.95. The third kappa shape index (κ3) is 1.51. The summed E-state index contributed by atoms with van der Waals surface area (Å²) in [4.78, 5) is 0. The predicted molar refractivity (Wildman–Crippen MR) is 92.4 cm³/mol. The van der Waals surface area contributed by atoms with Gasteiger partial charge in [0.15, 0.2) is 11.2 Å². The number of alkyl halides is 6. The fourth-order valence-corrected chi connectivity index (χ4v) is 8.65. The van der Waals surface area contributed by atoms with E-state index in [9.17, 15) is 26.3 Å².